The average molecular weight is 311 g/mol. The molecular weight excluding hydrogens is 290 g/mol. The predicted octanol–water partition coefficient (Wildman–Crippen LogP) is 1.73. The lowest BCUT2D eigenvalue weighted by Gasteiger charge is -2.51. The first-order chi connectivity index (χ1) is 11.2. The van der Waals surface area contributed by atoms with E-state index in [-0.39, 0.29) is 12.1 Å². The molecule has 2 aliphatic heterocycles. The van der Waals surface area contributed by atoms with E-state index < -0.39 is 5.60 Å². The van der Waals surface area contributed by atoms with E-state index in [0.717, 1.165) is 6.54 Å². The SMILES string of the molecule is OC1(c2ncccn2)CC2COCC(C1)N2Cc1ccccc1. The molecule has 0 spiro atoms. The number of nitrogens with zero attached hydrogens (tertiary/aromatic N) is 3. The van der Waals surface area contributed by atoms with Crippen LogP contribution < -0.4 is 0 Å². The van der Waals surface area contributed by atoms with Crippen molar-refractivity contribution in [1.29, 1.82) is 0 Å². The molecule has 0 saturated carbocycles. The number of fused-ring (bicyclic) bond motifs is 2. The second-order valence-electron chi connectivity index (χ2n) is 6.52. The molecule has 0 radical (unpaired) electrons. The minimum Gasteiger partial charge on any atom is -0.382 e. The molecular formula is C18H21N3O2. The van der Waals surface area contributed by atoms with Crippen LogP contribution in [0, 0.1) is 0 Å². The summed E-state index contributed by atoms with van der Waals surface area (Å²) in [7, 11) is 0. The van der Waals surface area contributed by atoms with Crippen LogP contribution in [-0.4, -0.2) is 45.3 Å². The van der Waals surface area contributed by atoms with Crippen molar-refractivity contribution < 1.29 is 9.84 Å². The van der Waals surface area contributed by atoms with Gasteiger partial charge in [-0.05, 0) is 11.6 Å². The van der Waals surface area contributed by atoms with Crippen molar-refractivity contribution >= 4 is 0 Å². The van der Waals surface area contributed by atoms with Gasteiger partial charge in [0.2, 0.25) is 0 Å². The average Bonchev–Trinajstić information content (AvgIpc) is 2.58. The Labute approximate surface area is 136 Å². The van der Waals surface area contributed by atoms with Gasteiger partial charge in [0.25, 0.3) is 0 Å². The zero-order valence-electron chi connectivity index (χ0n) is 13.0. The summed E-state index contributed by atoms with van der Waals surface area (Å²) < 4.78 is 5.74. The highest BCUT2D eigenvalue weighted by Crippen LogP contribution is 2.40. The molecule has 2 fully saturated rings. The highest BCUT2D eigenvalue weighted by Gasteiger charge is 2.48. The van der Waals surface area contributed by atoms with Gasteiger partial charge < -0.3 is 9.84 Å². The Bertz CT molecular complexity index is 636. The van der Waals surface area contributed by atoms with E-state index in [1.54, 1.807) is 18.5 Å². The van der Waals surface area contributed by atoms with Crippen molar-refractivity contribution in [2.24, 2.45) is 0 Å². The lowest BCUT2D eigenvalue weighted by atomic mass is 9.80. The van der Waals surface area contributed by atoms with E-state index in [1.165, 1.54) is 5.56 Å². The summed E-state index contributed by atoms with van der Waals surface area (Å²) in [5, 5.41) is 11.1. The molecule has 3 heterocycles. The number of aromatic nitrogens is 2. The molecule has 2 bridgehead atoms. The Balaban J connectivity index is 1.57. The number of benzene rings is 1. The van der Waals surface area contributed by atoms with E-state index in [0.29, 0.717) is 31.9 Å². The van der Waals surface area contributed by atoms with E-state index in [1.807, 2.05) is 6.07 Å². The van der Waals surface area contributed by atoms with Crippen molar-refractivity contribution in [3.05, 3.63) is 60.2 Å². The number of rotatable bonds is 3. The number of piperidine rings is 1. The van der Waals surface area contributed by atoms with Crippen LogP contribution in [0.2, 0.25) is 0 Å². The lowest BCUT2D eigenvalue weighted by molar-refractivity contribution is -0.152. The number of hydrogen-bond donors (Lipinski definition) is 1. The molecule has 0 amide bonds. The monoisotopic (exact) mass is 311 g/mol. The van der Waals surface area contributed by atoms with Gasteiger partial charge in [-0.2, -0.15) is 0 Å². The highest BCUT2D eigenvalue weighted by atomic mass is 16.5. The van der Waals surface area contributed by atoms with Crippen LogP contribution in [-0.2, 0) is 16.9 Å². The molecule has 1 aromatic heterocycles. The zero-order valence-corrected chi connectivity index (χ0v) is 13.0. The second kappa shape index (κ2) is 6.00. The first-order valence-electron chi connectivity index (χ1n) is 8.12. The summed E-state index contributed by atoms with van der Waals surface area (Å²) in [6.07, 6.45) is 4.62. The molecule has 4 rings (SSSR count). The maximum Gasteiger partial charge on any atom is 0.160 e. The third-order valence-electron chi connectivity index (χ3n) is 4.90. The Morgan fingerprint density at radius 2 is 1.70 bits per heavy atom. The molecule has 2 aliphatic rings. The minimum atomic E-state index is -0.951. The van der Waals surface area contributed by atoms with E-state index in [2.05, 4.69) is 39.1 Å². The number of aliphatic hydroxyl groups is 1. The minimum absolute atomic E-state index is 0.191. The van der Waals surface area contributed by atoms with Gasteiger partial charge in [0.05, 0.1) is 13.2 Å². The molecule has 5 heteroatoms. The van der Waals surface area contributed by atoms with Gasteiger partial charge in [-0.1, -0.05) is 30.3 Å². The molecule has 2 aromatic rings. The molecule has 120 valence electrons. The van der Waals surface area contributed by atoms with Crippen molar-refractivity contribution in [1.82, 2.24) is 14.9 Å². The second-order valence-corrected chi connectivity index (χ2v) is 6.52. The molecule has 2 saturated heterocycles. The van der Waals surface area contributed by atoms with Crippen LogP contribution in [0.5, 0.6) is 0 Å². The fourth-order valence-electron chi connectivity index (χ4n) is 3.82. The smallest absolute Gasteiger partial charge is 0.160 e. The van der Waals surface area contributed by atoms with Crippen LogP contribution in [0.25, 0.3) is 0 Å². The Hall–Kier alpha value is -1.82. The molecule has 2 unspecified atom stereocenters. The van der Waals surface area contributed by atoms with Crippen molar-refractivity contribution in [2.45, 2.75) is 37.1 Å². The van der Waals surface area contributed by atoms with Gasteiger partial charge in [-0.25, -0.2) is 9.97 Å². The molecule has 0 aliphatic carbocycles. The Morgan fingerprint density at radius 3 is 2.35 bits per heavy atom. The van der Waals surface area contributed by atoms with Crippen LogP contribution in [0.15, 0.2) is 48.8 Å². The third kappa shape index (κ3) is 2.87. The maximum absolute atomic E-state index is 11.1. The summed E-state index contributed by atoms with van der Waals surface area (Å²) in [5.74, 6) is 0.538. The van der Waals surface area contributed by atoms with Crippen LogP contribution in [0.1, 0.15) is 24.2 Å². The largest absolute Gasteiger partial charge is 0.382 e. The van der Waals surface area contributed by atoms with E-state index >= 15 is 0 Å². The van der Waals surface area contributed by atoms with E-state index in [4.69, 9.17) is 4.74 Å². The normalized spacial score (nSPS) is 31.0. The Kier molecular flexibility index (Phi) is 3.85. The summed E-state index contributed by atoms with van der Waals surface area (Å²) in [4.78, 5) is 11.0. The molecule has 1 aromatic carbocycles. The zero-order chi connectivity index (χ0) is 15.7. The maximum atomic E-state index is 11.1. The first kappa shape index (κ1) is 14.8. The molecule has 5 nitrogen and oxygen atoms in total. The molecule has 1 N–H and O–H groups in total. The lowest BCUT2D eigenvalue weighted by Crippen LogP contribution is -2.60. The first-order valence-corrected chi connectivity index (χ1v) is 8.12. The molecule has 23 heavy (non-hydrogen) atoms. The van der Waals surface area contributed by atoms with Crippen LogP contribution in [0.3, 0.4) is 0 Å². The number of ether oxygens (including phenoxy) is 1. The fourth-order valence-corrected chi connectivity index (χ4v) is 3.82. The van der Waals surface area contributed by atoms with Gasteiger partial charge in [-0.15, -0.1) is 0 Å². The number of hydrogen-bond acceptors (Lipinski definition) is 5. The summed E-state index contributed by atoms with van der Waals surface area (Å²) in [6.45, 7) is 2.20. The van der Waals surface area contributed by atoms with Gasteiger partial charge in [-0.3, -0.25) is 4.90 Å². The van der Waals surface area contributed by atoms with Crippen LogP contribution in [0.4, 0.5) is 0 Å². The third-order valence-corrected chi connectivity index (χ3v) is 4.90. The Morgan fingerprint density at radius 1 is 1.04 bits per heavy atom. The predicted molar refractivity (Wildman–Crippen MR) is 85.5 cm³/mol. The van der Waals surface area contributed by atoms with Crippen molar-refractivity contribution in [3.63, 3.8) is 0 Å². The standard InChI is InChI=1S/C18H21N3O2/c22-18(17-19-7-4-8-20-17)9-15-12-23-13-16(10-18)21(15)11-14-5-2-1-3-6-14/h1-8,15-16,22H,9-13H2. The van der Waals surface area contributed by atoms with Gasteiger partial charge in [0.1, 0.15) is 5.60 Å². The van der Waals surface area contributed by atoms with Gasteiger partial charge >= 0.3 is 0 Å². The quantitative estimate of drug-likeness (QED) is 0.935. The molecule has 2 atom stereocenters. The van der Waals surface area contributed by atoms with Gasteiger partial charge in [0.15, 0.2) is 5.82 Å². The van der Waals surface area contributed by atoms with E-state index in [9.17, 15) is 5.11 Å². The summed E-state index contributed by atoms with van der Waals surface area (Å²) >= 11 is 0. The topological polar surface area (TPSA) is 58.5 Å². The van der Waals surface area contributed by atoms with Gasteiger partial charge in [0, 0.05) is 43.9 Å². The van der Waals surface area contributed by atoms with Crippen LogP contribution >= 0.6 is 0 Å². The number of morpholine rings is 1. The fraction of sp³-hybridized carbons (Fsp3) is 0.444. The van der Waals surface area contributed by atoms with Crippen molar-refractivity contribution in [2.75, 3.05) is 13.2 Å². The summed E-state index contributed by atoms with van der Waals surface area (Å²) in [5.41, 5.74) is 0.346. The highest BCUT2D eigenvalue weighted by molar-refractivity contribution is 5.16. The van der Waals surface area contributed by atoms with Crippen molar-refractivity contribution in [3.8, 4) is 0 Å². The summed E-state index contributed by atoms with van der Waals surface area (Å²) in [6, 6.07) is 12.6.